The Morgan fingerprint density at radius 1 is 0.365 bits per heavy atom. The topological polar surface area (TPSA) is 301 Å². The van der Waals surface area contributed by atoms with Gasteiger partial charge < -0.3 is 75.8 Å². The molecule has 354 valence electrons. The van der Waals surface area contributed by atoms with E-state index >= 15 is 0 Å². The van der Waals surface area contributed by atoms with Gasteiger partial charge in [-0.2, -0.15) is 0 Å². The smallest absolute Gasteiger partial charge is 0.303 e. The van der Waals surface area contributed by atoms with E-state index in [1.54, 1.807) is 0 Å². The summed E-state index contributed by atoms with van der Waals surface area (Å²) in [5.74, 6) is -7.79. The Morgan fingerprint density at radius 3 is 1.13 bits per heavy atom. The van der Waals surface area contributed by atoms with Crippen molar-refractivity contribution in [2.75, 3.05) is 19.8 Å². The third-order valence-electron chi connectivity index (χ3n) is 9.18. The fourth-order valence-electron chi connectivity index (χ4n) is 7.16. The Kier molecular flexibility index (Phi) is 18.1. The average Bonchev–Trinajstić information content (AvgIpc) is 3.52. The van der Waals surface area contributed by atoms with Crippen LogP contribution in [0, 0.1) is 0 Å². The molecule has 4 heterocycles. The molecular weight excluding hydrogens is 856 g/mol. The summed E-state index contributed by atoms with van der Waals surface area (Å²) in [5, 5.41) is 0. The SMILES string of the molecule is CC(=O)OC[C@H]1O[C@H](OC[C@H]2O[C@H]3O[C@@H](C)O[C@H]3[C@@H](O[C@H]3O[C@H](COC(C)=O)[C@@H](OC(C)=O)[C@H](OC(C)=O)[C@@H]3OC(C)=O)[C@@H]2OC(C)=O)[C@@H](OC(C)=O)[C@@H](OC(C)=O)[C@@H]1OC(C)=O. The molecular formula is C38H52O25. The molecule has 0 aromatic heterocycles. The quantitative estimate of drug-likeness (QED) is 0.132. The zero-order valence-corrected chi connectivity index (χ0v) is 36.1. The summed E-state index contributed by atoms with van der Waals surface area (Å²) in [6.45, 7) is 9.18. The van der Waals surface area contributed by atoms with Crippen LogP contribution in [0.15, 0.2) is 0 Å². The van der Waals surface area contributed by atoms with Crippen molar-refractivity contribution in [1.82, 2.24) is 0 Å². The third kappa shape index (κ3) is 14.2. The Hall–Kier alpha value is -5.05. The predicted octanol–water partition coefficient (Wildman–Crippen LogP) is -1.03. The predicted molar refractivity (Wildman–Crippen MR) is 194 cm³/mol. The number of fused-ring (bicyclic) bond motifs is 1. The number of rotatable bonds is 16. The van der Waals surface area contributed by atoms with Gasteiger partial charge in [-0.1, -0.05) is 0 Å². The van der Waals surface area contributed by atoms with Crippen LogP contribution in [0.3, 0.4) is 0 Å². The van der Waals surface area contributed by atoms with Crippen LogP contribution in [0.5, 0.6) is 0 Å². The summed E-state index contributed by atoms with van der Waals surface area (Å²) < 4.78 is 91.6. The van der Waals surface area contributed by atoms with Gasteiger partial charge in [-0.25, -0.2) is 0 Å². The van der Waals surface area contributed by atoms with Crippen LogP contribution in [-0.4, -0.2) is 172 Å². The van der Waals surface area contributed by atoms with Crippen LogP contribution in [0.25, 0.3) is 0 Å². The minimum atomic E-state index is -1.80. The summed E-state index contributed by atoms with van der Waals surface area (Å²) in [6, 6.07) is 0. The molecule has 0 radical (unpaired) electrons. The molecule has 4 rings (SSSR count). The molecule has 0 aromatic carbocycles. The number of carbonyl (C=O) groups is 9. The Labute approximate surface area is 359 Å². The minimum Gasteiger partial charge on any atom is -0.463 e. The van der Waals surface area contributed by atoms with Crippen LogP contribution in [0.2, 0.25) is 0 Å². The van der Waals surface area contributed by atoms with Gasteiger partial charge in [0.2, 0.25) is 0 Å². The number of ether oxygens (including phenoxy) is 16. The molecule has 4 fully saturated rings. The zero-order chi connectivity index (χ0) is 46.9. The second-order valence-electron chi connectivity index (χ2n) is 14.5. The van der Waals surface area contributed by atoms with Crippen molar-refractivity contribution in [2.45, 2.75) is 168 Å². The second-order valence-corrected chi connectivity index (χ2v) is 14.5. The van der Waals surface area contributed by atoms with Gasteiger partial charge in [-0.3, -0.25) is 43.2 Å². The van der Waals surface area contributed by atoms with Crippen LogP contribution < -0.4 is 0 Å². The van der Waals surface area contributed by atoms with Crippen molar-refractivity contribution in [3.05, 3.63) is 0 Å². The van der Waals surface area contributed by atoms with Gasteiger partial charge in [0, 0.05) is 62.3 Å². The molecule has 0 bridgehead atoms. The standard InChI is InChI=1S/C38H52O25/c1-14(39)48-11-24-27(51-16(3)41)30(54-19(6)44)33(56-21(8)46)36(60-24)50-13-26-29(53-18(5)43)32(35-37(61-26)59-23(10)58-35)63-38-34(57-22(9)47)31(55-20(7)45)28(52-17(4)42)25(62-38)12-49-15(2)40/h23-38H,11-13H2,1-10H3/t23-,24+,25+,26+,27+,28+,29+,30-,31-,32-,33-,34-,35-,36-,37+,38+/m0/s1. The van der Waals surface area contributed by atoms with Gasteiger partial charge in [0.1, 0.15) is 43.7 Å². The highest BCUT2D eigenvalue weighted by atomic mass is 16.8. The third-order valence-corrected chi connectivity index (χ3v) is 9.18. The first-order valence-electron chi connectivity index (χ1n) is 19.6. The van der Waals surface area contributed by atoms with Gasteiger partial charge in [0.05, 0.1) is 6.61 Å². The fourth-order valence-corrected chi connectivity index (χ4v) is 7.16. The first kappa shape index (κ1) is 50.6. The van der Waals surface area contributed by atoms with E-state index in [0.717, 1.165) is 62.3 Å². The summed E-state index contributed by atoms with van der Waals surface area (Å²) in [6.07, 6.45) is -24.0. The molecule has 25 nitrogen and oxygen atoms in total. The Morgan fingerprint density at radius 2 is 0.714 bits per heavy atom. The molecule has 63 heavy (non-hydrogen) atoms. The van der Waals surface area contributed by atoms with Crippen LogP contribution in [-0.2, 0) is 119 Å². The van der Waals surface area contributed by atoms with Gasteiger partial charge in [-0.05, 0) is 6.92 Å². The van der Waals surface area contributed by atoms with Crippen LogP contribution in [0.1, 0.15) is 69.2 Å². The van der Waals surface area contributed by atoms with E-state index in [4.69, 9.17) is 75.8 Å². The fraction of sp³-hybridized carbons (Fsp3) is 0.763. The minimum absolute atomic E-state index is 0.563. The second kappa shape index (κ2) is 22.5. The lowest BCUT2D eigenvalue weighted by Gasteiger charge is -2.48. The normalized spacial score (nSPS) is 34.8. The van der Waals surface area contributed by atoms with E-state index < -0.39 is 172 Å². The van der Waals surface area contributed by atoms with E-state index in [0.29, 0.717) is 0 Å². The lowest BCUT2D eigenvalue weighted by atomic mass is 9.96. The first-order valence-corrected chi connectivity index (χ1v) is 19.6. The van der Waals surface area contributed by atoms with E-state index in [1.807, 2.05) is 0 Å². The van der Waals surface area contributed by atoms with Gasteiger partial charge in [0.25, 0.3) is 0 Å². The number of carbonyl (C=O) groups excluding carboxylic acids is 9. The molecule has 0 saturated carbocycles. The lowest BCUT2D eigenvalue weighted by Crippen LogP contribution is -2.66. The van der Waals surface area contributed by atoms with E-state index in [2.05, 4.69) is 0 Å². The largest absolute Gasteiger partial charge is 0.463 e. The van der Waals surface area contributed by atoms with Crippen molar-refractivity contribution in [3.63, 3.8) is 0 Å². The first-order chi connectivity index (χ1) is 29.5. The lowest BCUT2D eigenvalue weighted by molar-refractivity contribution is -0.352. The zero-order valence-electron chi connectivity index (χ0n) is 36.1. The van der Waals surface area contributed by atoms with Crippen LogP contribution >= 0.6 is 0 Å². The van der Waals surface area contributed by atoms with Gasteiger partial charge in [0.15, 0.2) is 67.9 Å². The van der Waals surface area contributed by atoms with Crippen LogP contribution in [0.4, 0.5) is 0 Å². The van der Waals surface area contributed by atoms with Crippen molar-refractivity contribution < 1.29 is 119 Å². The number of hydrogen-bond donors (Lipinski definition) is 0. The highest BCUT2D eigenvalue weighted by molar-refractivity contribution is 5.70. The number of hydrogen-bond acceptors (Lipinski definition) is 25. The van der Waals surface area contributed by atoms with E-state index in [9.17, 15) is 43.2 Å². The Bertz CT molecular complexity index is 1700. The molecule has 0 aromatic rings. The molecule has 16 atom stereocenters. The molecule has 0 aliphatic carbocycles. The molecule has 0 amide bonds. The molecule has 0 unspecified atom stereocenters. The average molecular weight is 909 g/mol. The summed E-state index contributed by atoms with van der Waals surface area (Å²) in [4.78, 5) is 111. The van der Waals surface area contributed by atoms with Crippen molar-refractivity contribution in [2.24, 2.45) is 0 Å². The van der Waals surface area contributed by atoms with Gasteiger partial charge in [-0.15, -0.1) is 0 Å². The molecule has 4 aliphatic heterocycles. The molecule has 4 aliphatic rings. The van der Waals surface area contributed by atoms with E-state index in [-0.39, 0.29) is 0 Å². The van der Waals surface area contributed by atoms with Crippen molar-refractivity contribution in [3.8, 4) is 0 Å². The molecule has 25 heteroatoms. The highest BCUT2D eigenvalue weighted by Gasteiger charge is 2.60. The maximum atomic E-state index is 12.8. The molecule has 4 saturated heterocycles. The Balaban J connectivity index is 1.76. The van der Waals surface area contributed by atoms with E-state index in [1.165, 1.54) is 6.92 Å². The monoisotopic (exact) mass is 908 g/mol. The van der Waals surface area contributed by atoms with Gasteiger partial charge >= 0.3 is 53.7 Å². The maximum absolute atomic E-state index is 12.8. The molecule has 0 N–H and O–H groups in total. The number of esters is 9. The van der Waals surface area contributed by atoms with Crippen molar-refractivity contribution >= 4 is 53.7 Å². The van der Waals surface area contributed by atoms with Crippen molar-refractivity contribution in [1.29, 1.82) is 0 Å². The summed E-state index contributed by atoms with van der Waals surface area (Å²) in [7, 11) is 0. The summed E-state index contributed by atoms with van der Waals surface area (Å²) in [5.41, 5.74) is 0. The maximum Gasteiger partial charge on any atom is 0.303 e. The molecule has 0 spiro atoms. The highest BCUT2D eigenvalue weighted by Crippen LogP contribution is 2.39. The summed E-state index contributed by atoms with van der Waals surface area (Å²) >= 11 is 0.